The summed E-state index contributed by atoms with van der Waals surface area (Å²) in [5, 5.41) is 2.25. The van der Waals surface area contributed by atoms with Gasteiger partial charge in [-0.1, -0.05) is 91.0 Å². The third-order valence-corrected chi connectivity index (χ3v) is 8.83. The van der Waals surface area contributed by atoms with Crippen molar-refractivity contribution in [3.05, 3.63) is 119 Å². The molecular formula is C35H36N2O8S. The van der Waals surface area contributed by atoms with Crippen LogP contribution >= 0.6 is 11.8 Å². The highest BCUT2D eigenvalue weighted by Gasteiger charge is 2.55. The minimum atomic E-state index is -1.03. The van der Waals surface area contributed by atoms with Crippen LogP contribution in [0.25, 0.3) is 0 Å². The van der Waals surface area contributed by atoms with Gasteiger partial charge in [-0.15, -0.1) is 11.8 Å². The Hall–Kier alpha value is -4.45. The molecule has 4 atom stereocenters. The van der Waals surface area contributed by atoms with Crippen molar-refractivity contribution in [1.29, 1.82) is 0 Å². The molecule has 0 spiro atoms. The van der Waals surface area contributed by atoms with E-state index in [0.717, 1.165) is 11.1 Å². The molecule has 3 aromatic carbocycles. The molecule has 0 bridgehead atoms. The van der Waals surface area contributed by atoms with Gasteiger partial charge >= 0.3 is 11.9 Å². The van der Waals surface area contributed by atoms with Crippen LogP contribution in [0.2, 0.25) is 0 Å². The monoisotopic (exact) mass is 644 g/mol. The van der Waals surface area contributed by atoms with Crippen molar-refractivity contribution in [1.82, 2.24) is 10.2 Å². The summed E-state index contributed by atoms with van der Waals surface area (Å²) in [4.78, 5) is 54.3. The van der Waals surface area contributed by atoms with Crippen LogP contribution in [0.5, 0.6) is 0 Å². The largest absolute Gasteiger partial charge is 0.461 e. The third kappa shape index (κ3) is 7.50. The zero-order valence-electron chi connectivity index (χ0n) is 25.8. The first-order valence-corrected chi connectivity index (χ1v) is 16.1. The summed E-state index contributed by atoms with van der Waals surface area (Å²) in [6.45, 7) is 5.02. The van der Waals surface area contributed by atoms with Crippen LogP contribution < -0.4 is 5.32 Å². The average Bonchev–Trinajstić information content (AvgIpc) is 3.08. The Kier molecular flexibility index (Phi) is 10.9. The highest BCUT2D eigenvalue weighted by molar-refractivity contribution is 8.00. The van der Waals surface area contributed by atoms with E-state index < -0.39 is 53.7 Å². The van der Waals surface area contributed by atoms with E-state index >= 15 is 0 Å². The summed E-state index contributed by atoms with van der Waals surface area (Å²) in [5.41, 5.74) is 2.55. The number of carbonyl (C=O) groups is 4. The number of hydrogen-bond donors (Lipinski definition) is 1. The number of rotatable bonds is 13. The normalized spacial score (nSPS) is 18.7. The number of hydrogen-bond acceptors (Lipinski definition) is 9. The Morgan fingerprint density at radius 1 is 0.913 bits per heavy atom. The summed E-state index contributed by atoms with van der Waals surface area (Å²) in [5.74, 6) is -1.98. The van der Waals surface area contributed by atoms with Gasteiger partial charge in [0.05, 0.1) is 0 Å². The van der Waals surface area contributed by atoms with Crippen LogP contribution in [0.1, 0.15) is 49.7 Å². The van der Waals surface area contributed by atoms with E-state index in [1.54, 1.807) is 31.2 Å². The number of nitrogens with zero attached hydrogens (tertiary/aromatic N) is 1. The number of β-lactam (4-membered cyclic amide) rings is 1. The van der Waals surface area contributed by atoms with Crippen LogP contribution in [0.4, 0.5) is 0 Å². The van der Waals surface area contributed by atoms with Gasteiger partial charge < -0.3 is 24.3 Å². The number of esters is 2. The van der Waals surface area contributed by atoms with Gasteiger partial charge in [0.15, 0.2) is 18.5 Å². The molecule has 0 aliphatic carbocycles. The van der Waals surface area contributed by atoms with Crippen molar-refractivity contribution in [2.45, 2.75) is 50.7 Å². The van der Waals surface area contributed by atoms with E-state index in [1.165, 1.54) is 23.6 Å². The van der Waals surface area contributed by atoms with Crippen molar-refractivity contribution in [2.24, 2.45) is 0 Å². The summed E-state index contributed by atoms with van der Waals surface area (Å²) in [7, 11) is 0. The molecule has 1 saturated heterocycles. The first kappa shape index (κ1) is 32.9. The van der Waals surface area contributed by atoms with Crippen LogP contribution in [0.3, 0.4) is 0 Å². The minimum Gasteiger partial charge on any atom is -0.461 e. The fourth-order valence-electron chi connectivity index (χ4n) is 5.33. The molecule has 2 aliphatic rings. The molecule has 46 heavy (non-hydrogen) atoms. The molecule has 2 heterocycles. The summed E-state index contributed by atoms with van der Waals surface area (Å²) >= 11 is 1.36. The maximum atomic E-state index is 14.0. The van der Waals surface area contributed by atoms with Crippen molar-refractivity contribution >= 4 is 35.5 Å². The lowest BCUT2D eigenvalue weighted by molar-refractivity contribution is -0.175. The van der Waals surface area contributed by atoms with Gasteiger partial charge in [0.1, 0.15) is 23.7 Å². The number of fused-ring (bicyclic) bond motifs is 1. The summed E-state index contributed by atoms with van der Waals surface area (Å²) in [6, 6.07) is 26.6. The standard InChI is InChI=1S/C35H36N2O8S/c1-4-42-23(3)44-31(26-18-12-7-13-19-26)32(39)36-28-33(40)37-29(27(20-43-22(2)38)21-46-34(28)37)35(41)45-30(24-14-8-5-9-15-24)25-16-10-6-11-17-25/h5-19,23,28,30-31,34H,4,20-21H2,1-3H3,(H,36,39)/t23?,28-,31?,34-/m1/s1. The van der Waals surface area contributed by atoms with Gasteiger partial charge in [-0.2, -0.15) is 0 Å². The molecule has 11 heteroatoms. The highest BCUT2D eigenvalue weighted by Crippen LogP contribution is 2.42. The van der Waals surface area contributed by atoms with E-state index in [-0.39, 0.29) is 18.1 Å². The number of benzene rings is 3. The number of nitrogens with one attached hydrogen (secondary N) is 1. The van der Waals surface area contributed by atoms with Crippen LogP contribution in [-0.4, -0.2) is 65.3 Å². The maximum absolute atomic E-state index is 14.0. The van der Waals surface area contributed by atoms with Crippen molar-refractivity contribution < 1.29 is 38.1 Å². The average molecular weight is 645 g/mol. The van der Waals surface area contributed by atoms with Gasteiger partial charge in [0, 0.05) is 24.9 Å². The molecule has 2 amide bonds. The molecule has 5 rings (SSSR count). The van der Waals surface area contributed by atoms with Gasteiger partial charge in [-0.3, -0.25) is 19.3 Å². The van der Waals surface area contributed by atoms with E-state index in [0.29, 0.717) is 17.7 Å². The van der Waals surface area contributed by atoms with Crippen molar-refractivity contribution in [3.63, 3.8) is 0 Å². The van der Waals surface area contributed by atoms with E-state index in [1.807, 2.05) is 73.7 Å². The number of ether oxygens (including phenoxy) is 4. The van der Waals surface area contributed by atoms with Crippen LogP contribution in [-0.2, 0) is 38.1 Å². The molecule has 240 valence electrons. The van der Waals surface area contributed by atoms with Crippen LogP contribution in [0.15, 0.2) is 102 Å². The SMILES string of the molecule is CCOC(C)OC(C(=O)N[C@@H]1C(=O)N2C(C(=O)OC(c3ccccc3)c3ccccc3)=C(COC(C)=O)CS[C@H]12)c1ccccc1. The smallest absolute Gasteiger partial charge is 0.356 e. The maximum Gasteiger partial charge on any atom is 0.356 e. The fourth-order valence-corrected chi connectivity index (χ4v) is 6.66. The molecule has 2 aliphatic heterocycles. The fraction of sp³-hybridized carbons (Fsp3) is 0.314. The van der Waals surface area contributed by atoms with Gasteiger partial charge in [-0.25, -0.2) is 4.79 Å². The predicted molar refractivity (Wildman–Crippen MR) is 171 cm³/mol. The van der Waals surface area contributed by atoms with Crippen molar-refractivity contribution in [2.75, 3.05) is 19.0 Å². The zero-order chi connectivity index (χ0) is 32.6. The zero-order valence-corrected chi connectivity index (χ0v) is 26.6. The van der Waals surface area contributed by atoms with E-state index in [9.17, 15) is 19.2 Å². The predicted octanol–water partition coefficient (Wildman–Crippen LogP) is 4.68. The first-order valence-electron chi connectivity index (χ1n) is 15.0. The molecule has 0 saturated carbocycles. The lowest BCUT2D eigenvalue weighted by Crippen LogP contribution is -2.71. The van der Waals surface area contributed by atoms with Gasteiger partial charge in [-0.05, 0) is 30.5 Å². The Labute approximate surface area is 272 Å². The summed E-state index contributed by atoms with van der Waals surface area (Å²) < 4.78 is 22.8. The lowest BCUT2D eigenvalue weighted by atomic mass is 10.00. The first-order chi connectivity index (χ1) is 22.3. The molecule has 0 aromatic heterocycles. The quantitative estimate of drug-likeness (QED) is 0.161. The van der Waals surface area contributed by atoms with Crippen LogP contribution in [0, 0.1) is 0 Å². The molecule has 3 aromatic rings. The van der Waals surface area contributed by atoms with Gasteiger partial charge in [0.25, 0.3) is 11.8 Å². The second-order valence-electron chi connectivity index (χ2n) is 10.7. The lowest BCUT2D eigenvalue weighted by Gasteiger charge is -2.50. The number of amides is 2. The minimum absolute atomic E-state index is 0.0122. The molecule has 0 radical (unpaired) electrons. The van der Waals surface area contributed by atoms with Gasteiger partial charge in [0.2, 0.25) is 0 Å². The molecule has 1 fully saturated rings. The van der Waals surface area contributed by atoms with E-state index in [2.05, 4.69) is 5.32 Å². The Balaban J connectivity index is 1.40. The molecule has 1 N–H and O–H groups in total. The second kappa shape index (κ2) is 15.2. The number of thioether (sulfide) groups is 1. The Morgan fingerprint density at radius 3 is 2.02 bits per heavy atom. The third-order valence-electron chi connectivity index (χ3n) is 7.49. The van der Waals surface area contributed by atoms with Crippen molar-refractivity contribution in [3.8, 4) is 0 Å². The highest BCUT2D eigenvalue weighted by atomic mass is 32.2. The number of carbonyl (C=O) groups excluding carboxylic acids is 4. The Morgan fingerprint density at radius 2 is 1.48 bits per heavy atom. The Bertz CT molecular complexity index is 1530. The molecule has 10 nitrogen and oxygen atoms in total. The molecule has 2 unspecified atom stereocenters. The van der Waals surface area contributed by atoms with E-state index in [4.69, 9.17) is 18.9 Å². The topological polar surface area (TPSA) is 120 Å². The summed E-state index contributed by atoms with van der Waals surface area (Å²) in [6.07, 6.45) is -2.46. The second-order valence-corrected chi connectivity index (χ2v) is 11.8. The molecular weight excluding hydrogens is 608 g/mol.